The molecule has 0 saturated carbocycles. The van der Waals surface area contributed by atoms with Crippen molar-refractivity contribution in [2.45, 2.75) is 25.0 Å². The second-order valence-electron chi connectivity index (χ2n) is 8.55. The average molecular weight is 459 g/mol. The molecule has 34 heavy (non-hydrogen) atoms. The van der Waals surface area contributed by atoms with Crippen LogP contribution in [0.2, 0.25) is 0 Å². The number of allylic oxidation sites excluding steroid dienone is 2. The fourth-order valence-corrected chi connectivity index (χ4v) is 4.90. The van der Waals surface area contributed by atoms with Crippen LogP contribution in [-0.4, -0.2) is 19.1 Å². The van der Waals surface area contributed by atoms with Crippen molar-refractivity contribution < 1.29 is 19.1 Å². The maximum atomic E-state index is 10.8. The molecule has 3 aromatic carbocycles. The SMILES string of the molecule is COc1cc(OC)c2c(c1)[C@@H]1C=CC[C@@H]1[C@H](c1ccc(OCc3ccc([N+](=O)[O-])cc3)cc1)N2. The van der Waals surface area contributed by atoms with Crippen molar-refractivity contribution in [1.29, 1.82) is 0 Å². The Morgan fingerprint density at radius 2 is 1.76 bits per heavy atom. The average Bonchev–Trinajstić information content (AvgIpc) is 3.37. The maximum Gasteiger partial charge on any atom is 0.269 e. The fourth-order valence-electron chi connectivity index (χ4n) is 4.90. The summed E-state index contributed by atoms with van der Waals surface area (Å²) < 4.78 is 17.1. The largest absolute Gasteiger partial charge is 0.497 e. The van der Waals surface area contributed by atoms with E-state index in [-0.39, 0.29) is 11.7 Å². The first kappa shape index (κ1) is 21.8. The van der Waals surface area contributed by atoms with Crippen molar-refractivity contribution in [3.63, 3.8) is 0 Å². The summed E-state index contributed by atoms with van der Waals surface area (Å²) >= 11 is 0. The van der Waals surface area contributed by atoms with Crippen LogP contribution >= 0.6 is 0 Å². The van der Waals surface area contributed by atoms with Gasteiger partial charge in [-0.3, -0.25) is 10.1 Å². The lowest BCUT2D eigenvalue weighted by Gasteiger charge is -2.38. The van der Waals surface area contributed by atoms with E-state index in [1.807, 2.05) is 18.2 Å². The number of fused-ring (bicyclic) bond motifs is 3. The van der Waals surface area contributed by atoms with Gasteiger partial charge in [0.2, 0.25) is 0 Å². The first-order chi connectivity index (χ1) is 16.6. The highest BCUT2D eigenvalue weighted by atomic mass is 16.6. The Bertz CT molecular complexity index is 1220. The van der Waals surface area contributed by atoms with Gasteiger partial charge < -0.3 is 19.5 Å². The van der Waals surface area contributed by atoms with E-state index in [4.69, 9.17) is 14.2 Å². The number of anilines is 1. The third-order valence-corrected chi connectivity index (χ3v) is 6.65. The van der Waals surface area contributed by atoms with Crippen molar-refractivity contribution in [1.82, 2.24) is 0 Å². The molecule has 1 aliphatic carbocycles. The number of nitro benzene ring substituents is 1. The smallest absolute Gasteiger partial charge is 0.269 e. The molecule has 7 heteroatoms. The second-order valence-corrected chi connectivity index (χ2v) is 8.55. The molecule has 0 amide bonds. The van der Waals surface area contributed by atoms with E-state index in [1.54, 1.807) is 26.4 Å². The number of ether oxygens (including phenoxy) is 3. The molecular formula is C27H26N2O5. The molecule has 0 radical (unpaired) electrons. The predicted octanol–water partition coefficient (Wildman–Crippen LogP) is 6.02. The zero-order valence-corrected chi connectivity index (χ0v) is 19.1. The lowest BCUT2D eigenvalue weighted by Crippen LogP contribution is -2.29. The van der Waals surface area contributed by atoms with E-state index in [0.29, 0.717) is 18.4 Å². The molecular weight excluding hydrogens is 432 g/mol. The number of benzene rings is 3. The molecule has 3 atom stereocenters. The number of rotatable bonds is 7. The quantitative estimate of drug-likeness (QED) is 0.265. The molecule has 174 valence electrons. The van der Waals surface area contributed by atoms with Gasteiger partial charge in [-0.25, -0.2) is 0 Å². The highest BCUT2D eigenvalue weighted by Crippen LogP contribution is 2.53. The van der Waals surface area contributed by atoms with Gasteiger partial charge in [-0.1, -0.05) is 24.3 Å². The van der Waals surface area contributed by atoms with Gasteiger partial charge in [-0.05, 0) is 59.4 Å². The summed E-state index contributed by atoms with van der Waals surface area (Å²) in [4.78, 5) is 10.4. The van der Waals surface area contributed by atoms with Gasteiger partial charge in [0.25, 0.3) is 5.69 Å². The summed E-state index contributed by atoms with van der Waals surface area (Å²) in [5.74, 6) is 3.02. The van der Waals surface area contributed by atoms with E-state index in [0.717, 1.165) is 34.9 Å². The standard InChI is InChI=1S/C27H26N2O5/c1-32-21-14-24-22-4-3-5-23(22)26(28-27(24)25(15-21)33-2)18-8-12-20(13-9-18)34-16-17-6-10-19(11-7-17)29(30)31/h3-4,6-15,22-23,26,28H,5,16H2,1-2H3/t22-,23+,26+/m1/s1. The minimum atomic E-state index is -0.405. The number of nitro groups is 1. The molecule has 1 heterocycles. The topological polar surface area (TPSA) is 82.9 Å². The van der Waals surface area contributed by atoms with E-state index in [9.17, 15) is 10.1 Å². The Kier molecular flexibility index (Phi) is 5.84. The van der Waals surface area contributed by atoms with Crippen LogP contribution in [0.1, 0.15) is 35.1 Å². The predicted molar refractivity (Wildman–Crippen MR) is 130 cm³/mol. The van der Waals surface area contributed by atoms with Gasteiger partial charge in [0, 0.05) is 24.1 Å². The minimum absolute atomic E-state index is 0.0736. The molecule has 5 rings (SSSR count). The van der Waals surface area contributed by atoms with Crippen LogP contribution in [-0.2, 0) is 6.61 Å². The van der Waals surface area contributed by atoms with Crippen LogP contribution in [0, 0.1) is 16.0 Å². The summed E-state index contributed by atoms with van der Waals surface area (Å²) in [6.07, 6.45) is 5.55. The number of hydrogen-bond donors (Lipinski definition) is 1. The van der Waals surface area contributed by atoms with Gasteiger partial charge in [0.1, 0.15) is 23.9 Å². The second kappa shape index (κ2) is 9.09. The van der Waals surface area contributed by atoms with Crippen LogP contribution < -0.4 is 19.5 Å². The molecule has 0 aromatic heterocycles. The molecule has 1 N–H and O–H groups in total. The van der Waals surface area contributed by atoms with Crippen LogP contribution in [0.5, 0.6) is 17.2 Å². The summed E-state index contributed by atoms with van der Waals surface area (Å²) in [6.45, 7) is 0.347. The monoisotopic (exact) mass is 458 g/mol. The van der Waals surface area contributed by atoms with Crippen molar-refractivity contribution in [2.75, 3.05) is 19.5 Å². The lowest BCUT2D eigenvalue weighted by molar-refractivity contribution is -0.384. The molecule has 0 unspecified atom stereocenters. The van der Waals surface area contributed by atoms with E-state index < -0.39 is 4.92 Å². The molecule has 1 aliphatic heterocycles. The van der Waals surface area contributed by atoms with Crippen LogP contribution in [0.25, 0.3) is 0 Å². The molecule has 0 bridgehead atoms. The maximum absolute atomic E-state index is 10.8. The van der Waals surface area contributed by atoms with Crippen molar-refractivity contribution >= 4 is 11.4 Å². The first-order valence-corrected chi connectivity index (χ1v) is 11.2. The summed E-state index contributed by atoms with van der Waals surface area (Å²) in [6, 6.07) is 18.7. The van der Waals surface area contributed by atoms with Crippen molar-refractivity contribution in [3.05, 3.63) is 99.6 Å². The van der Waals surface area contributed by atoms with E-state index in [1.165, 1.54) is 23.3 Å². The number of non-ortho nitro benzene ring substituents is 1. The van der Waals surface area contributed by atoms with E-state index >= 15 is 0 Å². The van der Waals surface area contributed by atoms with Crippen LogP contribution in [0.15, 0.2) is 72.8 Å². The van der Waals surface area contributed by atoms with Crippen LogP contribution in [0.3, 0.4) is 0 Å². The Morgan fingerprint density at radius 3 is 2.44 bits per heavy atom. The normalized spacial score (nSPS) is 20.1. The van der Waals surface area contributed by atoms with Gasteiger partial charge in [0.15, 0.2) is 0 Å². The highest BCUT2D eigenvalue weighted by Gasteiger charge is 2.39. The third-order valence-electron chi connectivity index (χ3n) is 6.65. The fraction of sp³-hybridized carbons (Fsp3) is 0.259. The van der Waals surface area contributed by atoms with Gasteiger partial charge in [-0.2, -0.15) is 0 Å². The number of methoxy groups -OCH3 is 2. The lowest BCUT2D eigenvalue weighted by atomic mass is 9.77. The Hall–Kier alpha value is -4.00. The number of hydrogen-bond acceptors (Lipinski definition) is 6. The molecule has 0 saturated heterocycles. The molecule has 0 spiro atoms. The van der Waals surface area contributed by atoms with Gasteiger partial charge in [-0.15, -0.1) is 0 Å². The minimum Gasteiger partial charge on any atom is -0.497 e. The molecule has 2 aliphatic rings. The summed E-state index contributed by atoms with van der Waals surface area (Å²) in [7, 11) is 3.35. The zero-order valence-electron chi connectivity index (χ0n) is 19.1. The van der Waals surface area contributed by atoms with Crippen molar-refractivity contribution in [2.24, 2.45) is 5.92 Å². The Labute approximate surface area is 198 Å². The van der Waals surface area contributed by atoms with Crippen molar-refractivity contribution in [3.8, 4) is 17.2 Å². The molecule has 0 fully saturated rings. The zero-order chi connectivity index (χ0) is 23.7. The molecule has 7 nitrogen and oxygen atoms in total. The van der Waals surface area contributed by atoms with Gasteiger partial charge >= 0.3 is 0 Å². The number of nitrogens with zero attached hydrogens (tertiary/aromatic N) is 1. The Balaban J connectivity index is 1.34. The summed E-state index contributed by atoms with van der Waals surface area (Å²) in [5.41, 5.74) is 4.35. The Morgan fingerprint density at radius 1 is 1.00 bits per heavy atom. The first-order valence-electron chi connectivity index (χ1n) is 11.2. The van der Waals surface area contributed by atoms with Crippen LogP contribution in [0.4, 0.5) is 11.4 Å². The van der Waals surface area contributed by atoms with Gasteiger partial charge in [0.05, 0.1) is 30.9 Å². The number of nitrogens with one attached hydrogen (secondary N) is 1. The molecule has 3 aromatic rings. The summed E-state index contributed by atoms with van der Waals surface area (Å²) in [5, 5.41) is 14.5. The highest BCUT2D eigenvalue weighted by molar-refractivity contribution is 5.70. The third kappa shape index (κ3) is 4.05. The van der Waals surface area contributed by atoms with E-state index in [2.05, 4.69) is 35.7 Å².